The van der Waals surface area contributed by atoms with E-state index in [0.717, 1.165) is 0 Å². The summed E-state index contributed by atoms with van der Waals surface area (Å²) in [6, 6.07) is 2.93. The van der Waals surface area contributed by atoms with Gasteiger partial charge in [0.25, 0.3) is 5.91 Å². The number of ether oxygens (including phenoxy) is 2. The minimum absolute atomic E-state index is 0.285. The van der Waals surface area contributed by atoms with Gasteiger partial charge in [-0.15, -0.1) is 0 Å². The standard InChI is InChI=1S/C10H10ClNO4/c11-6-3-5(8(13)10(12)14)4-7-9(6)16-2-1-15-7/h3-4,8,13H,1-2H2,(H2,12,14). The van der Waals surface area contributed by atoms with Gasteiger partial charge >= 0.3 is 0 Å². The molecule has 16 heavy (non-hydrogen) atoms. The molecule has 1 unspecified atom stereocenters. The summed E-state index contributed by atoms with van der Waals surface area (Å²) in [6.07, 6.45) is -1.40. The molecule has 0 saturated carbocycles. The molecule has 1 aromatic rings. The van der Waals surface area contributed by atoms with Crippen LogP contribution in [-0.2, 0) is 4.79 Å². The molecule has 2 rings (SSSR count). The largest absolute Gasteiger partial charge is 0.486 e. The molecule has 0 saturated heterocycles. The van der Waals surface area contributed by atoms with Crippen molar-refractivity contribution in [2.45, 2.75) is 6.10 Å². The fourth-order valence-corrected chi connectivity index (χ4v) is 1.73. The zero-order chi connectivity index (χ0) is 11.7. The molecule has 0 spiro atoms. The summed E-state index contributed by atoms with van der Waals surface area (Å²) in [5.74, 6) is -0.00451. The number of primary amides is 1. The first-order valence-corrected chi connectivity index (χ1v) is 5.04. The second-order valence-electron chi connectivity index (χ2n) is 3.33. The lowest BCUT2D eigenvalue weighted by atomic mass is 10.1. The molecule has 3 N–H and O–H groups in total. The van der Waals surface area contributed by atoms with Gasteiger partial charge in [-0.25, -0.2) is 0 Å². The highest BCUT2D eigenvalue weighted by Crippen LogP contribution is 2.39. The van der Waals surface area contributed by atoms with E-state index in [0.29, 0.717) is 30.3 Å². The predicted molar refractivity (Wildman–Crippen MR) is 56.6 cm³/mol. The van der Waals surface area contributed by atoms with Crippen molar-refractivity contribution >= 4 is 17.5 Å². The molecule has 1 atom stereocenters. The monoisotopic (exact) mass is 243 g/mol. The van der Waals surface area contributed by atoms with E-state index in [1.807, 2.05) is 0 Å². The van der Waals surface area contributed by atoms with E-state index < -0.39 is 12.0 Å². The zero-order valence-electron chi connectivity index (χ0n) is 8.27. The SMILES string of the molecule is NC(=O)C(O)c1cc(Cl)c2c(c1)OCCO2. The van der Waals surface area contributed by atoms with Crippen molar-refractivity contribution in [3.8, 4) is 11.5 Å². The van der Waals surface area contributed by atoms with Gasteiger partial charge in [0.1, 0.15) is 13.2 Å². The summed E-state index contributed by atoms with van der Waals surface area (Å²) in [7, 11) is 0. The highest BCUT2D eigenvalue weighted by Gasteiger charge is 2.21. The van der Waals surface area contributed by atoms with Crippen LogP contribution in [0.15, 0.2) is 12.1 Å². The van der Waals surface area contributed by atoms with Gasteiger partial charge in [-0.3, -0.25) is 4.79 Å². The van der Waals surface area contributed by atoms with Crippen LogP contribution >= 0.6 is 11.6 Å². The molecule has 86 valence electrons. The summed E-state index contributed by atoms with van der Waals surface area (Å²) in [4.78, 5) is 10.8. The molecule has 1 aromatic carbocycles. The third-order valence-electron chi connectivity index (χ3n) is 2.20. The maximum absolute atomic E-state index is 10.8. The molecule has 0 aliphatic carbocycles. The van der Waals surface area contributed by atoms with Gasteiger partial charge in [0.15, 0.2) is 17.6 Å². The van der Waals surface area contributed by atoms with Gasteiger partial charge in [-0.2, -0.15) is 0 Å². The predicted octanol–water partition coefficient (Wildman–Crippen LogP) is 0.630. The number of benzene rings is 1. The number of carbonyl (C=O) groups is 1. The highest BCUT2D eigenvalue weighted by molar-refractivity contribution is 6.32. The van der Waals surface area contributed by atoms with Crippen molar-refractivity contribution in [1.82, 2.24) is 0 Å². The van der Waals surface area contributed by atoms with Crippen LogP contribution in [0.4, 0.5) is 0 Å². The number of nitrogens with two attached hydrogens (primary N) is 1. The van der Waals surface area contributed by atoms with Crippen LogP contribution in [0.1, 0.15) is 11.7 Å². The van der Waals surface area contributed by atoms with E-state index in [4.69, 9.17) is 26.8 Å². The second kappa shape index (κ2) is 4.19. The lowest BCUT2D eigenvalue weighted by Gasteiger charge is -2.20. The Balaban J connectivity index is 2.42. The molecule has 1 heterocycles. The van der Waals surface area contributed by atoms with E-state index >= 15 is 0 Å². The maximum atomic E-state index is 10.8. The Morgan fingerprint density at radius 2 is 2.12 bits per heavy atom. The number of hydrogen-bond acceptors (Lipinski definition) is 4. The Morgan fingerprint density at radius 1 is 1.44 bits per heavy atom. The summed E-state index contributed by atoms with van der Waals surface area (Å²) in [5, 5.41) is 9.78. The second-order valence-corrected chi connectivity index (χ2v) is 3.74. The first-order valence-electron chi connectivity index (χ1n) is 4.66. The summed E-state index contributed by atoms with van der Waals surface area (Å²) >= 11 is 5.93. The fraction of sp³-hybridized carbons (Fsp3) is 0.300. The van der Waals surface area contributed by atoms with Gasteiger partial charge in [-0.05, 0) is 17.7 Å². The first-order chi connectivity index (χ1) is 7.59. The zero-order valence-corrected chi connectivity index (χ0v) is 9.03. The Bertz CT molecular complexity index is 435. The van der Waals surface area contributed by atoms with Crippen molar-refractivity contribution in [2.24, 2.45) is 5.73 Å². The van der Waals surface area contributed by atoms with E-state index in [-0.39, 0.29) is 5.02 Å². The lowest BCUT2D eigenvalue weighted by molar-refractivity contribution is -0.126. The number of amides is 1. The maximum Gasteiger partial charge on any atom is 0.250 e. The van der Waals surface area contributed by atoms with Crippen molar-refractivity contribution in [3.05, 3.63) is 22.7 Å². The Hall–Kier alpha value is -1.46. The lowest BCUT2D eigenvalue weighted by Crippen LogP contribution is -2.21. The molecule has 0 bridgehead atoms. The van der Waals surface area contributed by atoms with Crippen LogP contribution in [-0.4, -0.2) is 24.2 Å². The van der Waals surface area contributed by atoms with Crippen LogP contribution in [0.25, 0.3) is 0 Å². The summed E-state index contributed by atoms with van der Waals surface area (Å²) in [5.41, 5.74) is 5.28. The number of rotatable bonds is 2. The Morgan fingerprint density at radius 3 is 2.81 bits per heavy atom. The average Bonchev–Trinajstić information content (AvgIpc) is 2.28. The average molecular weight is 244 g/mol. The minimum Gasteiger partial charge on any atom is -0.486 e. The van der Waals surface area contributed by atoms with Crippen LogP contribution in [0.2, 0.25) is 5.02 Å². The Kier molecular flexibility index (Phi) is 2.89. The van der Waals surface area contributed by atoms with E-state index in [2.05, 4.69) is 0 Å². The van der Waals surface area contributed by atoms with Gasteiger partial charge in [0.05, 0.1) is 5.02 Å². The van der Waals surface area contributed by atoms with Crippen LogP contribution in [0, 0.1) is 0 Å². The molecule has 1 aliphatic rings. The molecule has 6 heteroatoms. The third-order valence-corrected chi connectivity index (χ3v) is 2.49. The number of aliphatic hydroxyl groups is 1. The van der Waals surface area contributed by atoms with Gasteiger partial charge in [0, 0.05) is 0 Å². The number of halogens is 1. The normalized spacial score (nSPS) is 15.6. The molecule has 0 aromatic heterocycles. The van der Waals surface area contributed by atoms with Crippen molar-refractivity contribution in [1.29, 1.82) is 0 Å². The molecular formula is C10H10ClNO4. The molecular weight excluding hydrogens is 234 g/mol. The van der Waals surface area contributed by atoms with Crippen molar-refractivity contribution in [3.63, 3.8) is 0 Å². The van der Waals surface area contributed by atoms with Gasteiger partial charge in [-0.1, -0.05) is 11.6 Å². The number of hydrogen-bond donors (Lipinski definition) is 2. The summed E-state index contributed by atoms with van der Waals surface area (Å²) < 4.78 is 10.6. The molecule has 5 nitrogen and oxygen atoms in total. The van der Waals surface area contributed by atoms with E-state index in [1.165, 1.54) is 12.1 Å². The van der Waals surface area contributed by atoms with Crippen molar-refractivity contribution in [2.75, 3.05) is 13.2 Å². The molecule has 1 amide bonds. The third kappa shape index (κ3) is 1.91. The topological polar surface area (TPSA) is 81.8 Å². The molecule has 1 aliphatic heterocycles. The van der Waals surface area contributed by atoms with Crippen LogP contribution in [0.5, 0.6) is 11.5 Å². The highest BCUT2D eigenvalue weighted by atomic mass is 35.5. The molecule has 0 radical (unpaired) electrons. The van der Waals surface area contributed by atoms with Gasteiger partial charge < -0.3 is 20.3 Å². The van der Waals surface area contributed by atoms with E-state index in [9.17, 15) is 9.90 Å². The first kappa shape index (κ1) is 11.0. The fourth-order valence-electron chi connectivity index (χ4n) is 1.45. The van der Waals surface area contributed by atoms with Crippen molar-refractivity contribution < 1.29 is 19.4 Å². The van der Waals surface area contributed by atoms with Gasteiger partial charge in [0.2, 0.25) is 0 Å². The smallest absolute Gasteiger partial charge is 0.250 e. The number of aliphatic hydroxyl groups excluding tert-OH is 1. The quantitative estimate of drug-likeness (QED) is 0.798. The number of fused-ring (bicyclic) bond motifs is 1. The molecule has 0 fully saturated rings. The van der Waals surface area contributed by atoms with Crippen LogP contribution in [0.3, 0.4) is 0 Å². The Labute approximate surface area is 96.7 Å². The summed E-state index contributed by atoms with van der Waals surface area (Å²) in [6.45, 7) is 0.823. The number of carbonyl (C=O) groups excluding carboxylic acids is 1. The minimum atomic E-state index is -1.40. The van der Waals surface area contributed by atoms with Crippen LogP contribution < -0.4 is 15.2 Å². The van der Waals surface area contributed by atoms with E-state index in [1.54, 1.807) is 0 Å².